The summed E-state index contributed by atoms with van der Waals surface area (Å²) < 4.78 is 2.33. The number of rotatable bonds is 1. The minimum absolute atomic E-state index is 1.29. The van der Waals surface area contributed by atoms with Gasteiger partial charge in [0.05, 0.1) is 0 Å². The van der Waals surface area contributed by atoms with Gasteiger partial charge in [-0.25, -0.2) is 0 Å². The lowest BCUT2D eigenvalue weighted by Gasteiger charge is -2.12. The summed E-state index contributed by atoms with van der Waals surface area (Å²) in [5.74, 6) is 0. The van der Waals surface area contributed by atoms with Gasteiger partial charge in [0.1, 0.15) is 7.05 Å². The van der Waals surface area contributed by atoms with Crippen LogP contribution in [0.1, 0.15) is 27.8 Å². The van der Waals surface area contributed by atoms with Crippen molar-refractivity contribution < 1.29 is 4.57 Å². The topological polar surface area (TPSA) is 3.88 Å². The van der Waals surface area contributed by atoms with Crippen molar-refractivity contribution >= 4 is 10.9 Å². The van der Waals surface area contributed by atoms with E-state index in [1.165, 1.54) is 50.0 Å². The molecule has 0 fully saturated rings. The second-order valence-corrected chi connectivity index (χ2v) is 6.55. The van der Waals surface area contributed by atoms with Crippen LogP contribution in [0.3, 0.4) is 0 Å². The van der Waals surface area contributed by atoms with Crippen LogP contribution < -0.4 is 4.57 Å². The van der Waals surface area contributed by atoms with Crippen molar-refractivity contribution in [1.29, 1.82) is 0 Å². The van der Waals surface area contributed by atoms with Crippen LogP contribution in [0.15, 0.2) is 36.4 Å². The normalized spacial score (nSPS) is 11.2. The molecule has 0 aliphatic rings. The van der Waals surface area contributed by atoms with E-state index in [2.05, 4.69) is 82.6 Å². The van der Waals surface area contributed by atoms with Crippen molar-refractivity contribution in [3.8, 4) is 11.3 Å². The summed E-state index contributed by atoms with van der Waals surface area (Å²) in [6, 6.07) is 13.6. The number of hydrogen-bond donors (Lipinski definition) is 0. The highest BCUT2D eigenvalue weighted by Crippen LogP contribution is 2.28. The Kier molecular flexibility index (Phi) is 3.52. The van der Waals surface area contributed by atoms with Gasteiger partial charge in [0, 0.05) is 23.1 Å². The lowest BCUT2D eigenvalue weighted by molar-refractivity contribution is -0.633. The molecule has 3 aromatic rings. The molecule has 0 aliphatic heterocycles. The van der Waals surface area contributed by atoms with Crippen molar-refractivity contribution in [1.82, 2.24) is 0 Å². The average Bonchev–Trinajstić information content (AvgIpc) is 2.46. The number of aryl methyl sites for hydroxylation is 5. The van der Waals surface area contributed by atoms with Crippen LogP contribution in [0.2, 0.25) is 0 Å². The number of pyridine rings is 1. The Morgan fingerprint density at radius 3 is 2.18 bits per heavy atom. The van der Waals surface area contributed by atoms with Gasteiger partial charge in [-0.05, 0) is 69.0 Å². The third kappa shape index (κ3) is 2.31. The third-order valence-corrected chi connectivity index (χ3v) is 4.74. The lowest BCUT2D eigenvalue weighted by atomic mass is 9.95. The Morgan fingerprint density at radius 2 is 1.45 bits per heavy atom. The molecule has 0 amide bonds. The van der Waals surface area contributed by atoms with Gasteiger partial charge in [0.15, 0.2) is 0 Å². The van der Waals surface area contributed by atoms with Crippen molar-refractivity contribution in [2.75, 3.05) is 0 Å². The quantitative estimate of drug-likeness (QED) is 0.563. The molecule has 0 N–H and O–H groups in total. The fraction of sp³-hybridized carbons (Fsp3) is 0.286. The molecule has 2 aromatic carbocycles. The van der Waals surface area contributed by atoms with Crippen LogP contribution in [-0.2, 0) is 7.05 Å². The van der Waals surface area contributed by atoms with Crippen LogP contribution in [0.25, 0.3) is 22.2 Å². The number of nitrogens with zero attached hydrogens (tertiary/aromatic N) is 1. The molecular weight excluding hydrogens is 266 g/mol. The highest BCUT2D eigenvalue weighted by atomic mass is 14.9. The maximum Gasteiger partial charge on any atom is 0.213 e. The van der Waals surface area contributed by atoms with E-state index in [-0.39, 0.29) is 0 Å². The summed E-state index contributed by atoms with van der Waals surface area (Å²) in [6.45, 7) is 11.0. The first kappa shape index (κ1) is 14.8. The van der Waals surface area contributed by atoms with Gasteiger partial charge < -0.3 is 0 Å². The van der Waals surface area contributed by atoms with E-state index in [4.69, 9.17) is 0 Å². The smallest absolute Gasteiger partial charge is 0.194 e. The molecule has 0 atom stereocenters. The van der Waals surface area contributed by atoms with Gasteiger partial charge in [-0.15, -0.1) is 0 Å². The van der Waals surface area contributed by atoms with E-state index in [0.29, 0.717) is 0 Å². The van der Waals surface area contributed by atoms with Crippen molar-refractivity contribution in [3.63, 3.8) is 0 Å². The van der Waals surface area contributed by atoms with Crippen molar-refractivity contribution in [3.05, 3.63) is 64.2 Å². The van der Waals surface area contributed by atoms with E-state index in [1.807, 2.05) is 0 Å². The molecular formula is C21H24N+. The summed E-state index contributed by atoms with van der Waals surface area (Å²) in [6.07, 6.45) is 0. The van der Waals surface area contributed by atoms with Gasteiger partial charge in [0.25, 0.3) is 0 Å². The van der Waals surface area contributed by atoms with Crippen LogP contribution in [0.4, 0.5) is 0 Å². The van der Waals surface area contributed by atoms with Crippen molar-refractivity contribution in [2.24, 2.45) is 7.05 Å². The maximum atomic E-state index is 2.33. The largest absolute Gasteiger partial charge is 0.213 e. The molecule has 1 heteroatoms. The number of aromatic nitrogens is 1. The molecule has 1 nitrogen and oxygen atoms in total. The fourth-order valence-corrected chi connectivity index (χ4v) is 3.33. The monoisotopic (exact) mass is 290 g/mol. The number of fused-ring (bicyclic) bond motifs is 1. The van der Waals surface area contributed by atoms with E-state index < -0.39 is 0 Å². The van der Waals surface area contributed by atoms with Gasteiger partial charge in [-0.3, -0.25) is 0 Å². The maximum absolute atomic E-state index is 2.33. The minimum Gasteiger partial charge on any atom is -0.194 e. The van der Waals surface area contributed by atoms with Crippen LogP contribution in [0, 0.1) is 34.6 Å². The highest BCUT2D eigenvalue weighted by molar-refractivity contribution is 5.82. The van der Waals surface area contributed by atoms with Gasteiger partial charge >= 0.3 is 0 Å². The molecule has 112 valence electrons. The molecule has 0 saturated carbocycles. The Balaban J connectivity index is 2.40. The van der Waals surface area contributed by atoms with E-state index in [0.717, 1.165) is 0 Å². The SMILES string of the molecule is Cc1cc(C)c(C)c(-c2cc(C)c3ccc(C)cc3[n+]2C)c1. The van der Waals surface area contributed by atoms with E-state index >= 15 is 0 Å². The Bertz CT molecular complexity index is 888. The highest BCUT2D eigenvalue weighted by Gasteiger charge is 2.19. The Hall–Kier alpha value is -2.15. The second-order valence-electron chi connectivity index (χ2n) is 6.55. The molecule has 0 bridgehead atoms. The van der Waals surface area contributed by atoms with Crippen LogP contribution in [-0.4, -0.2) is 0 Å². The predicted molar refractivity (Wildman–Crippen MR) is 94.2 cm³/mol. The predicted octanol–water partition coefficient (Wildman–Crippen LogP) is 4.87. The Morgan fingerprint density at radius 1 is 0.727 bits per heavy atom. The zero-order valence-corrected chi connectivity index (χ0v) is 14.4. The molecule has 0 saturated heterocycles. The zero-order chi connectivity index (χ0) is 16.0. The summed E-state index contributed by atoms with van der Waals surface area (Å²) in [4.78, 5) is 0. The van der Waals surface area contributed by atoms with Crippen LogP contribution in [0.5, 0.6) is 0 Å². The first-order chi connectivity index (χ1) is 10.4. The molecule has 1 heterocycles. The zero-order valence-electron chi connectivity index (χ0n) is 14.4. The fourth-order valence-electron chi connectivity index (χ4n) is 3.33. The molecule has 3 rings (SSSR count). The molecule has 22 heavy (non-hydrogen) atoms. The first-order valence-electron chi connectivity index (χ1n) is 7.86. The summed E-state index contributed by atoms with van der Waals surface area (Å²) in [5, 5.41) is 1.33. The van der Waals surface area contributed by atoms with Gasteiger partial charge in [0.2, 0.25) is 11.2 Å². The number of hydrogen-bond acceptors (Lipinski definition) is 0. The summed E-state index contributed by atoms with van der Waals surface area (Å²) in [5.41, 5.74) is 10.6. The third-order valence-electron chi connectivity index (χ3n) is 4.74. The molecule has 0 radical (unpaired) electrons. The Labute approximate surface area is 133 Å². The molecule has 0 aliphatic carbocycles. The lowest BCUT2D eigenvalue weighted by Crippen LogP contribution is -2.32. The molecule has 1 aromatic heterocycles. The van der Waals surface area contributed by atoms with Gasteiger partial charge in [-0.2, -0.15) is 4.57 Å². The number of benzene rings is 2. The summed E-state index contributed by atoms with van der Waals surface area (Å²) in [7, 11) is 2.17. The molecule has 0 spiro atoms. The van der Waals surface area contributed by atoms with E-state index in [9.17, 15) is 0 Å². The van der Waals surface area contributed by atoms with Crippen molar-refractivity contribution in [2.45, 2.75) is 34.6 Å². The summed E-state index contributed by atoms with van der Waals surface area (Å²) >= 11 is 0. The standard InChI is InChI=1S/C21H24N/c1-13-7-8-18-16(4)12-21(22(6)20(18)11-13)19-10-14(2)9-15(3)17(19)5/h7-12H,1-6H3/q+1. The first-order valence-corrected chi connectivity index (χ1v) is 7.86. The average molecular weight is 290 g/mol. The molecule has 0 unspecified atom stereocenters. The minimum atomic E-state index is 1.29. The van der Waals surface area contributed by atoms with Crippen LogP contribution >= 0.6 is 0 Å². The van der Waals surface area contributed by atoms with Gasteiger partial charge in [-0.1, -0.05) is 17.7 Å². The second kappa shape index (κ2) is 5.24. The van der Waals surface area contributed by atoms with E-state index in [1.54, 1.807) is 0 Å².